The van der Waals surface area contributed by atoms with Gasteiger partial charge in [0.05, 0.1) is 5.75 Å². The summed E-state index contributed by atoms with van der Waals surface area (Å²) in [5, 5.41) is 20.0. The molecule has 7 nitrogen and oxygen atoms in total. The Hall–Kier alpha value is -1.57. The van der Waals surface area contributed by atoms with Gasteiger partial charge in [0.15, 0.2) is 5.16 Å². The molecular formula is C12H20N4O3S. The zero-order valence-corrected chi connectivity index (χ0v) is 12.7. The first-order valence-corrected chi connectivity index (χ1v) is 7.55. The third kappa shape index (κ3) is 4.22. The molecule has 0 aliphatic rings. The van der Waals surface area contributed by atoms with Crippen molar-refractivity contribution in [1.29, 1.82) is 0 Å². The SMILES string of the molecule is CCCc1nnc(SCC(=O)O)n1C(C)C(=O)NCC. The number of carbonyl (C=O) groups excluding carboxylic acids is 1. The fraction of sp³-hybridized carbons (Fsp3) is 0.667. The number of nitrogens with one attached hydrogen (secondary N) is 1. The van der Waals surface area contributed by atoms with Gasteiger partial charge in [0.1, 0.15) is 11.9 Å². The first-order valence-electron chi connectivity index (χ1n) is 6.57. The molecule has 1 unspecified atom stereocenters. The van der Waals surface area contributed by atoms with Crippen molar-refractivity contribution in [3.8, 4) is 0 Å². The van der Waals surface area contributed by atoms with Gasteiger partial charge in [-0.05, 0) is 20.3 Å². The molecule has 0 aromatic carbocycles. The van der Waals surface area contributed by atoms with Crippen LogP contribution >= 0.6 is 11.8 Å². The standard InChI is InChI=1S/C12H20N4O3S/c1-4-6-9-14-15-12(20-7-10(17)18)16(9)8(3)11(19)13-5-2/h8H,4-7H2,1-3H3,(H,13,19)(H,17,18). The van der Waals surface area contributed by atoms with Crippen molar-refractivity contribution in [1.82, 2.24) is 20.1 Å². The quantitative estimate of drug-likeness (QED) is 0.698. The minimum absolute atomic E-state index is 0.105. The van der Waals surface area contributed by atoms with Crippen molar-refractivity contribution in [2.45, 2.75) is 44.8 Å². The van der Waals surface area contributed by atoms with Gasteiger partial charge in [0.25, 0.3) is 0 Å². The lowest BCUT2D eigenvalue weighted by Crippen LogP contribution is -2.31. The van der Waals surface area contributed by atoms with Crippen LogP contribution in [0.25, 0.3) is 0 Å². The predicted octanol–water partition coefficient (Wildman–Crippen LogP) is 1.10. The fourth-order valence-corrected chi connectivity index (χ4v) is 2.51. The number of carboxylic acids is 1. The number of hydrogen-bond acceptors (Lipinski definition) is 5. The molecule has 0 saturated heterocycles. The summed E-state index contributed by atoms with van der Waals surface area (Å²) in [4.78, 5) is 22.6. The van der Waals surface area contributed by atoms with Gasteiger partial charge in [-0.3, -0.25) is 14.2 Å². The summed E-state index contributed by atoms with van der Waals surface area (Å²) in [5.41, 5.74) is 0. The van der Waals surface area contributed by atoms with Crippen LogP contribution in [0.5, 0.6) is 0 Å². The minimum atomic E-state index is -0.924. The van der Waals surface area contributed by atoms with E-state index in [4.69, 9.17) is 5.11 Å². The van der Waals surface area contributed by atoms with Crippen molar-refractivity contribution in [2.75, 3.05) is 12.3 Å². The number of hydrogen-bond donors (Lipinski definition) is 2. The van der Waals surface area contributed by atoms with Crippen molar-refractivity contribution in [3.05, 3.63) is 5.82 Å². The highest BCUT2D eigenvalue weighted by atomic mass is 32.2. The van der Waals surface area contributed by atoms with E-state index in [0.717, 1.165) is 18.2 Å². The number of aryl methyl sites for hydroxylation is 1. The number of likely N-dealkylation sites (N-methyl/N-ethyl adjacent to an activating group) is 1. The molecule has 1 heterocycles. The molecule has 0 radical (unpaired) electrons. The lowest BCUT2D eigenvalue weighted by Gasteiger charge is -2.16. The summed E-state index contributed by atoms with van der Waals surface area (Å²) in [6.07, 6.45) is 1.58. The Morgan fingerprint density at radius 3 is 2.65 bits per heavy atom. The van der Waals surface area contributed by atoms with Crippen LogP contribution in [0.4, 0.5) is 0 Å². The number of aromatic nitrogens is 3. The zero-order valence-electron chi connectivity index (χ0n) is 11.9. The zero-order chi connectivity index (χ0) is 15.1. The number of nitrogens with zero attached hydrogens (tertiary/aromatic N) is 3. The molecule has 0 saturated carbocycles. The second-order valence-electron chi connectivity index (χ2n) is 4.27. The highest BCUT2D eigenvalue weighted by Crippen LogP contribution is 2.22. The number of rotatable bonds is 8. The molecule has 0 fully saturated rings. The second kappa shape index (κ2) is 7.88. The molecule has 2 N–H and O–H groups in total. The van der Waals surface area contributed by atoms with Gasteiger partial charge in [0.2, 0.25) is 5.91 Å². The fourth-order valence-electron chi connectivity index (χ4n) is 1.75. The van der Waals surface area contributed by atoms with E-state index in [2.05, 4.69) is 15.5 Å². The third-order valence-corrected chi connectivity index (χ3v) is 3.58. The minimum Gasteiger partial charge on any atom is -0.481 e. The maximum Gasteiger partial charge on any atom is 0.313 e. The lowest BCUT2D eigenvalue weighted by atomic mass is 10.2. The molecule has 1 rings (SSSR count). The van der Waals surface area contributed by atoms with Crippen molar-refractivity contribution >= 4 is 23.6 Å². The van der Waals surface area contributed by atoms with Crippen LogP contribution in [0.3, 0.4) is 0 Å². The highest BCUT2D eigenvalue weighted by Gasteiger charge is 2.22. The monoisotopic (exact) mass is 300 g/mol. The van der Waals surface area contributed by atoms with Crippen LogP contribution in [0.1, 0.15) is 39.1 Å². The van der Waals surface area contributed by atoms with Crippen LogP contribution < -0.4 is 5.32 Å². The van der Waals surface area contributed by atoms with E-state index in [0.29, 0.717) is 23.9 Å². The van der Waals surface area contributed by atoms with Gasteiger partial charge < -0.3 is 10.4 Å². The summed E-state index contributed by atoms with van der Waals surface area (Å²) in [6.45, 7) is 6.17. The van der Waals surface area contributed by atoms with Crippen molar-refractivity contribution < 1.29 is 14.7 Å². The first-order chi connectivity index (χ1) is 9.51. The van der Waals surface area contributed by atoms with E-state index in [1.165, 1.54) is 0 Å². The predicted molar refractivity (Wildman–Crippen MR) is 75.8 cm³/mol. The van der Waals surface area contributed by atoms with E-state index < -0.39 is 12.0 Å². The molecule has 1 aromatic rings. The van der Waals surface area contributed by atoms with Crippen LogP contribution in [-0.4, -0.2) is 44.0 Å². The lowest BCUT2D eigenvalue weighted by molar-refractivity contribution is -0.133. The number of carbonyl (C=O) groups is 2. The highest BCUT2D eigenvalue weighted by molar-refractivity contribution is 7.99. The molecule has 0 aliphatic carbocycles. The number of aliphatic carboxylic acids is 1. The Labute approximate surface area is 122 Å². The molecular weight excluding hydrogens is 280 g/mol. The molecule has 20 heavy (non-hydrogen) atoms. The maximum atomic E-state index is 12.0. The molecule has 0 spiro atoms. The molecule has 0 aliphatic heterocycles. The third-order valence-electron chi connectivity index (χ3n) is 2.65. The second-order valence-corrected chi connectivity index (χ2v) is 5.21. The smallest absolute Gasteiger partial charge is 0.313 e. The topological polar surface area (TPSA) is 97.1 Å². The van der Waals surface area contributed by atoms with Gasteiger partial charge >= 0.3 is 5.97 Å². The summed E-state index contributed by atoms with van der Waals surface area (Å²) in [6, 6.07) is -0.456. The Morgan fingerprint density at radius 2 is 2.10 bits per heavy atom. The molecule has 1 atom stereocenters. The van der Waals surface area contributed by atoms with E-state index in [-0.39, 0.29) is 11.7 Å². The van der Waals surface area contributed by atoms with Gasteiger partial charge in [-0.2, -0.15) is 0 Å². The Kier molecular flexibility index (Phi) is 6.50. The Bertz CT molecular complexity index is 475. The number of thioether (sulfide) groups is 1. The Balaban J connectivity index is 3.00. The molecule has 1 amide bonds. The molecule has 8 heteroatoms. The summed E-state index contributed by atoms with van der Waals surface area (Å²) in [7, 11) is 0. The van der Waals surface area contributed by atoms with E-state index in [1.54, 1.807) is 11.5 Å². The number of amides is 1. The van der Waals surface area contributed by atoms with Crippen LogP contribution in [0, 0.1) is 0 Å². The summed E-state index contributed by atoms with van der Waals surface area (Å²) in [5.74, 6) is -0.444. The Morgan fingerprint density at radius 1 is 1.40 bits per heavy atom. The molecule has 112 valence electrons. The van der Waals surface area contributed by atoms with E-state index in [9.17, 15) is 9.59 Å². The molecule has 1 aromatic heterocycles. The van der Waals surface area contributed by atoms with Gasteiger partial charge in [-0.1, -0.05) is 18.7 Å². The van der Waals surface area contributed by atoms with Gasteiger partial charge in [-0.25, -0.2) is 0 Å². The van der Waals surface area contributed by atoms with Crippen molar-refractivity contribution in [3.63, 3.8) is 0 Å². The van der Waals surface area contributed by atoms with Crippen LogP contribution in [0.2, 0.25) is 0 Å². The average molecular weight is 300 g/mol. The van der Waals surface area contributed by atoms with Crippen LogP contribution in [-0.2, 0) is 16.0 Å². The molecule has 0 bridgehead atoms. The first kappa shape index (κ1) is 16.5. The summed E-state index contributed by atoms with van der Waals surface area (Å²) >= 11 is 1.08. The largest absolute Gasteiger partial charge is 0.481 e. The van der Waals surface area contributed by atoms with E-state index in [1.807, 2.05) is 13.8 Å². The van der Waals surface area contributed by atoms with Gasteiger partial charge in [-0.15, -0.1) is 10.2 Å². The maximum absolute atomic E-state index is 12.0. The van der Waals surface area contributed by atoms with Crippen molar-refractivity contribution in [2.24, 2.45) is 0 Å². The van der Waals surface area contributed by atoms with E-state index >= 15 is 0 Å². The number of carboxylic acid groups (broad SMARTS) is 1. The van der Waals surface area contributed by atoms with Crippen LogP contribution in [0.15, 0.2) is 5.16 Å². The average Bonchev–Trinajstić information content (AvgIpc) is 2.79. The summed E-state index contributed by atoms with van der Waals surface area (Å²) < 4.78 is 1.72. The van der Waals surface area contributed by atoms with Gasteiger partial charge in [0, 0.05) is 13.0 Å². The normalized spacial score (nSPS) is 12.2.